The van der Waals surface area contributed by atoms with Crippen molar-refractivity contribution in [2.75, 3.05) is 25.6 Å². The van der Waals surface area contributed by atoms with Crippen molar-refractivity contribution in [1.82, 2.24) is 5.32 Å². The quantitative estimate of drug-likeness (QED) is 0.567. The van der Waals surface area contributed by atoms with Crippen molar-refractivity contribution in [3.63, 3.8) is 0 Å². The first kappa shape index (κ1) is 20.2. The minimum absolute atomic E-state index is 0.167. The number of para-hydroxylation sites is 1. The Morgan fingerprint density at radius 2 is 1.89 bits per heavy atom. The summed E-state index contributed by atoms with van der Waals surface area (Å²) >= 11 is 12.3. The number of anilines is 1. The van der Waals surface area contributed by atoms with Gasteiger partial charge in [-0.1, -0.05) is 35.3 Å². The summed E-state index contributed by atoms with van der Waals surface area (Å²) in [5, 5.41) is 6.85. The number of halogens is 2. The van der Waals surface area contributed by atoms with Crippen molar-refractivity contribution in [2.45, 2.75) is 6.92 Å². The average Bonchev–Trinajstić information content (AvgIpc) is 3.00. The number of benzene rings is 2. The predicted octanol–water partition coefficient (Wildman–Crippen LogP) is 4.68. The van der Waals surface area contributed by atoms with Gasteiger partial charge in [0.2, 0.25) is 0 Å². The van der Waals surface area contributed by atoms with E-state index < -0.39 is 5.91 Å². The summed E-state index contributed by atoms with van der Waals surface area (Å²) < 4.78 is 10.5. The lowest BCUT2D eigenvalue weighted by Gasteiger charge is -2.09. The fraction of sp³-hybridized carbons (Fsp3) is 0.200. The molecule has 3 aromatic rings. The molecule has 2 N–H and O–H groups in total. The van der Waals surface area contributed by atoms with Crippen LogP contribution >= 0.6 is 23.2 Å². The maximum atomic E-state index is 12.6. The Morgan fingerprint density at radius 1 is 1.11 bits per heavy atom. The highest BCUT2D eigenvalue weighted by Gasteiger charge is 2.20. The van der Waals surface area contributed by atoms with Crippen LogP contribution in [-0.2, 0) is 4.74 Å². The van der Waals surface area contributed by atoms with Crippen LogP contribution in [0.3, 0.4) is 0 Å². The molecule has 0 bridgehead atoms. The number of rotatable bonds is 6. The van der Waals surface area contributed by atoms with E-state index in [0.717, 1.165) is 5.39 Å². The van der Waals surface area contributed by atoms with Crippen molar-refractivity contribution in [3.8, 4) is 0 Å². The highest BCUT2D eigenvalue weighted by Crippen LogP contribution is 2.31. The van der Waals surface area contributed by atoms with Gasteiger partial charge in [-0.25, -0.2) is 0 Å². The van der Waals surface area contributed by atoms with Crippen LogP contribution in [0.2, 0.25) is 10.0 Å². The van der Waals surface area contributed by atoms with E-state index in [1.165, 1.54) is 6.07 Å². The largest absolute Gasteiger partial charge is 0.449 e. The summed E-state index contributed by atoms with van der Waals surface area (Å²) in [7, 11) is 1.55. The van der Waals surface area contributed by atoms with E-state index in [1.807, 2.05) is 6.07 Å². The third-order valence-corrected chi connectivity index (χ3v) is 4.80. The van der Waals surface area contributed by atoms with E-state index in [9.17, 15) is 9.59 Å². The lowest BCUT2D eigenvalue weighted by Crippen LogP contribution is -2.27. The molecule has 6 nitrogen and oxygen atoms in total. The summed E-state index contributed by atoms with van der Waals surface area (Å²) in [6.07, 6.45) is 0. The molecule has 0 saturated carbocycles. The van der Waals surface area contributed by atoms with Crippen molar-refractivity contribution < 1.29 is 18.7 Å². The van der Waals surface area contributed by atoms with Gasteiger partial charge in [-0.15, -0.1) is 0 Å². The molecule has 1 heterocycles. The summed E-state index contributed by atoms with van der Waals surface area (Å²) in [5.41, 5.74) is 1.90. The van der Waals surface area contributed by atoms with Gasteiger partial charge >= 0.3 is 0 Å². The van der Waals surface area contributed by atoms with Gasteiger partial charge < -0.3 is 19.8 Å². The van der Waals surface area contributed by atoms with Crippen LogP contribution in [-0.4, -0.2) is 32.1 Å². The molecule has 0 spiro atoms. The van der Waals surface area contributed by atoms with Crippen LogP contribution < -0.4 is 10.6 Å². The Balaban J connectivity index is 1.78. The van der Waals surface area contributed by atoms with Crippen LogP contribution in [0.15, 0.2) is 40.8 Å². The third kappa shape index (κ3) is 4.14. The molecule has 0 fully saturated rings. The first-order valence-corrected chi connectivity index (χ1v) is 9.23. The number of aryl methyl sites for hydroxylation is 1. The number of hydrogen-bond acceptors (Lipinski definition) is 4. The van der Waals surface area contributed by atoms with Crippen molar-refractivity contribution in [2.24, 2.45) is 0 Å². The van der Waals surface area contributed by atoms with Crippen LogP contribution in [0.4, 0.5) is 5.69 Å². The van der Waals surface area contributed by atoms with Crippen LogP contribution in [0.5, 0.6) is 0 Å². The molecule has 0 aliphatic rings. The lowest BCUT2D eigenvalue weighted by atomic mass is 10.1. The Hall–Kier alpha value is -2.54. The number of furan rings is 1. The molecular weight excluding hydrogens is 403 g/mol. The summed E-state index contributed by atoms with van der Waals surface area (Å²) in [4.78, 5) is 24.7. The minimum atomic E-state index is -0.432. The first-order chi connectivity index (χ1) is 13.4. The number of hydrogen-bond donors (Lipinski definition) is 2. The average molecular weight is 421 g/mol. The molecule has 0 aliphatic carbocycles. The molecule has 146 valence electrons. The van der Waals surface area contributed by atoms with Crippen LogP contribution in [0, 0.1) is 6.92 Å². The zero-order valence-corrected chi connectivity index (χ0v) is 16.8. The number of amides is 2. The van der Waals surface area contributed by atoms with Gasteiger partial charge in [-0.2, -0.15) is 0 Å². The van der Waals surface area contributed by atoms with Gasteiger partial charge in [-0.3, -0.25) is 9.59 Å². The fourth-order valence-electron chi connectivity index (χ4n) is 2.75. The summed E-state index contributed by atoms with van der Waals surface area (Å²) in [5.74, 6) is -0.582. The maximum Gasteiger partial charge on any atom is 0.291 e. The second-order valence-electron chi connectivity index (χ2n) is 6.07. The van der Waals surface area contributed by atoms with Gasteiger partial charge in [0.15, 0.2) is 11.3 Å². The number of fused-ring (bicyclic) bond motifs is 1. The van der Waals surface area contributed by atoms with E-state index >= 15 is 0 Å². The minimum Gasteiger partial charge on any atom is -0.449 e. The molecule has 0 unspecified atom stereocenters. The molecule has 0 aliphatic heterocycles. The molecular formula is C20H18Cl2N2O4. The highest BCUT2D eigenvalue weighted by atomic mass is 35.5. The molecule has 1 aromatic heterocycles. The number of ether oxygens (including phenoxy) is 1. The Labute approximate surface area is 171 Å². The first-order valence-electron chi connectivity index (χ1n) is 8.48. The van der Waals surface area contributed by atoms with Crippen LogP contribution in [0.1, 0.15) is 26.5 Å². The second kappa shape index (κ2) is 8.65. The maximum absolute atomic E-state index is 12.6. The SMILES string of the molecule is COCCNC(=O)c1ccc(NC(=O)c2oc3c(Cl)cccc3c2C)cc1Cl. The molecule has 3 rings (SSSR count). The standard InChI is InChI=1S/C20H18Cl2N2O4/c1-11-13-4-3-5-15(21)18(13)28-17(11)20(26)24-12-6-7-14(16(22)10-12)19(25)23-8-9-27-2/h3-7,10H,8-9H2,1-2H3,(H,23,25)(H,24,26). The van der Waals surface area contributed by atoms with E-state index in [-0.39, 0.29) is 16.7 Å². The molecule has 8 heteroatoms. The predicted molar refractivity (Wildman–Crippen MR) is 110 cm³/mol. The number of methoxy groups -OCH3 is 1. The number of nitrogens with one attached hydrogen (secondary N) is 2. The van der Waals surface area contributed by atoms with Crippen molar-refractivity contribution in [1.29, 1.82) is 0 Å². The van der Waals surface area contributed by atoms with Crippen molar-refractivity contribution >= 4 is 51.7 Å². The second-order valence-corrected chi connectivity index (χ2v) is 6.88. The van der Waals surface area contributed by atoms with Gasteiger partial charge in [-0.05, 0) is 31.2 Å². The molecule has 2 amide bonds. The van der Waals surface area contributed by atoms with E-state index in [0.29, 0.717) is 40.6 Å². The van der Waals surface area contributed by atoms with E-state index in [4.69, 9.17) is 32.4 Å². The number of carbonyl (C=O) groups is 2. The van der Waals surface area contributed by atoms with E-state index in [1.54, 1.807) is 38.3 Å². The smallest absolute Gasteiger partial charge is 0.291 e. The number of carbonyl (C=O) groups excluding carboxylic acids is 2. The summed E-state index contributed by atoms with van der Waals surface area (Å²) in [6.45, 7) is 2.56. The Morgan fingerprint density at radius 3 is 2.57 bits per heavy atom. The molecule has 0 radical (unpaired) electrons. The summed E-state index contributed by atoms with van der Waals surface area (Å²) in [6, 6.07) is 9.98. The third-order valence-electron chi connectivity index (χ3n) is 4.19. The normalized spacial score (nSPS) is 10.9. The highest BCUT2D eigenvalue weighted by molar-refractivity contribution is 6.35. The van der Waals surface area contributed by atoms with E-state index in [2.05, 4.69) is 10.6 Å². The van der Waals surface area contributed by atoms with Gasteiger partial charge in [0.05, 0.1) is 22.2 Å². The van der Waals surface area contributed by atoms with Gasteiger partial charge in [0.25, 0.3) is 11.8 Å². The molecule has 28 heavy (non-hydrogen) atoms. The van der Waals surface area contributed by atoms with Gasteiger partial charge in [0.1, 0.15) is 0 Å². The molecule has 0 atom stereocenters. The molecule has 0 saturated heterocycles. The Kier molecular flexibility index (Phi) is 6.24. The molecule has 2 aromatic carbocycles. The lowest BCUT2D eigenvalue weighted by molar-refractivity contribution is 0.0936. The fourth-order valence-corrected chi connectivity index (χ4v) is 3.23. The van der Waals surface area contributed by atoms with Gasteiger partial charge in [0, 0.05) is 30.3 Å². The zero-order valence-electron chi connectivity index (χ0n) is 15.3. The zero-order chi connectivity index (χ0) is 20.3. The van der Waals surface area contributed by atoms with Crippen molar-refractivity contribution in [3.05, 3.63) is 63.3 Å². The topological polar surface area (TPSA) is 80.6 Å². The monoisotopic (exact) mass is 420 g/mol. The van der Waals surface area contributed by atoms with Crippen LogP contribution in [0.25, 0.3) is 11.0 Å². The Bertz CT molecular complexity index is 1050.